The molecule has 0 spiro atoms. The minimum atomic E-state index is -3.70. The fourth-order valence-electron chi connectivity index (χ4n) is 4.37. The van der Waals surface area contributed by atoms with Gasteiger partial charge in [0, 0.05) is 19.0 Å². The lowest BCUT2D eigenvalue weighted by Gasteiger charge is -2.28. The molecule has 1 saturated carbocycles. The summed E-state index contributed by atoms with van der Waals surface area (Å²) < 4.78 is 29.6. The molecule has 1 aromatic heterocycles. The van der Waals surface area contributed by atoms with Crippen molar-refractivity contribution in [1.29, 1.82) is 0 Å². The first-order valence-electron chi connectivity index (χ1n) is 9.57. The van der Waals surface area contributed by atoms with Crippen LogP contribution >= 0.6 is 0 Å². The largest absolute Gasteiger partial charge is 0.272 e. The summed E-state index contributed by atoms with van der Waals surface area (Å²) in [7, 11) is -3.70. The van der Waals surface area contributed by atoms with Crippen LogP contribution in [-0.2, 0) is 23.0 Å². The quantitative estimate of drug-likeness (QED) is 0.811. The van der Waals surface area contributed by atoms with Crippen molar-refractivity contribution in [2.75, 3.05) is 6.54 Å². The van der Waals surface area contributed by atoms with E-state index in [1.54, 1.807) is 13.8 Å². The van der Waals surface area contributed by atoms with Crippen LogP contribution in [0.2, 0.25) is 0 Å². The van der Waals surface area contributed by atoms with Crippen LogP contribution < -0.4 is 0 Å². The smallest absolute Gasteiger partial charge is 0.250 e. The van der Waals surface area contributed by atoms with Gasteiger partial charge in [-0.05, 0) is 44.2 Å². The molecule has 0 N–H and O–H groups in total. The van der Waals surface area contributed by atoms with Gasteiger partial charge in [0.2, 0.25) is 15.9 Å². The lowest BCUT2D eigenvalue weighted by Crippen LogP contribution is -2.36. The number of fused-ring (bicyclic) bond motifs is 1. The molecular weight excluding hydrogens is 362 g/mol. The van der Waals surface area contributed by atoms with E-state index in [0.717, 1.165) is 31.2 Å². The van der Waals surface area contributed by atoms with Gasteiger partial charge in [-0.1, -0.05) is 37.1 Å². The van der Waals surface area contributed by atoms with Crippen molar-refractivity contribution in [2.24, 2.45) is 5.92 Å². The maximum Gasteiger partial charge on any atom is 0.250 e. The molecule has 0 saturated heterocycles. The molecule has 0 bridgehead atoms. The summed E-state index contributed by atoms with van der Waals surface area (Å²) in [4.78, 5) is 13.0. The molecule has 0 amide bonds. The molecule has 27 heavy (non-hydrogen) atoms. The predicted octanol–water partition coefficient (Wildman–Crippen LogP) is 3.08. The number of aromatic nitrogens is 2. The van der Waals surface area contributed by atoms with Crippen LogP contribution in [0.15, 0.2) is 29.2 Å². The Morgan fingerprint density at radius 1 is 1.11 bits per heavy atom. The molecule has 1 aliphatic heterocycles. The number of rotatable bonds is 3. The van der Waals surface area contributed by atoms with Crippen molar-refractivity contribution < 1.29 is 13.2 Å². The van der Waals surface area contributed by atoms with Crippen LogP contribution in [0.1, 0.15) is 53.0 Å². The summed E-state index contributed by atoms with van der Waals surface area (Å²) in [5.41, 5.74) is 3.07. The number of carbonyl (C=O) groups is 1. The van der Waals surface area contributed by atoms with Crippen LogP contribution in [-0.4, -0.2) is 35.0 Å². The Hall–Kier alpha value is -1.99. The molecular formula is C20H25N3O3S. The first-order chi connectivity index (χ1) is 12.9. The van der Waals surface area contributed by atoms with Crippen LogP contribution in [0.3, 0.4) is 0 Å². The summed E-state index contributed by atoms with van der Waals surface area (Å²) in [6.07, 6.45) is 4.52. The molecule has 1 aliphatic carbocycles. The van der Waals surface area contributed by atoms with Crippen molar-refractivity contribution >= 4 is 15.9 Å². The van der Waals surface area contributed by atoms with E-state index in [1.807, 2.05) is 24.3 Å². The molecule has 4 rings (SSSR count). The van der Waals surface area contributed by atoms with Gasteiger partial charge in [-0.15, -0.1) is 0 Å². The number of nitrogens with zero attached hydrogens (tertiary/aromatic N) is 3. The Morgan fingerprint density at radius 2 is 1.78 bits per heavy atom. The normalized spacial score (nSPS) is 18.6. The lowest BCUT2D eigenvalue weighted by molar-refractivity contribution is 0.0817. The Kier molecular flexibility index (Phi) is 4.68. The van der Waals surface area contributed by atoms with E-state index < -0.39 is 10.0 Å². The molecule has 1 fully saturated rings. The summed E-state index contributed by atoms with van der Waals surface area (Å²) in [6.45, 7) is 4.17. The SMILES string of the molecule is Cc1nn(C(=O)C2CCCC2)c(C)c1S(=O)(=O)N1CCc2ccccc2C1. The number of benzene rings is 1. The topological polar surface area (TPSA) is 72.3 Å². The first-order valence-corrected chi connectivity index (χ1v) is 11.0. The van der Waals surface area contributed by atoms with Crippen LogP contribution in [0.4, 0.5) is 0 Å². The fourth-order valence-corrected chi connectivity index (χ4v) is 6.14. The predicted molar refractivity (Wildman–Crippen MR) is 102 cm³/mol. The molecule has 0 unspecified atom stereocenters. The number of sulfonamides is 1. The highest BCUT2D eigenvalue weighted by molar-refractivity contribution is 7.89. The number of aryl methyl sites for hydroxylation is 1. The second-order valence-corrected chi connectivity index (χ2v) is 9.46. The minimum absolute atomic E-state index is 0.0413. The van der Waals surface area contributed by atoms with Crippen molar-refractivity contribution in [3.63, 3.8) is 0 Å². The molecule has 2 heterocycles. The maximum atomic E-state index is 13.4. The maximum absolute atomic E-state index is 13.4. The van der Waals surface area contributed by atoms with Crippen LogP contribution in [0.25, 0.3) is 0 Å². The van der Waals surface area contributed by atoms with Gasteiger partial charge in [0.25, 0.3) is 0 Å². The van der Waals surface area contributed by atoms with Gasteiger partial charge in [-0.3, -0.25) is 4.79 Å². The second kappa shape index (κ2) is 6.87. The monoisotopic (exact) mass is 387 g/mol. The van der Waals surface area contributed by atoms with Gasteiger partial charge in [0.05, 0.1) is 11.4 Å². The van der Waals surface area contributed by atoms with Gasteiger partial charge in [0.15, 0.2) is 0 Å². The Bertz CT molecular complexity index is 988. The van der Waals surface area contributed by atoms with Gasteiger partial charge >= 0.3 is 0 Å². The molecule has 2 aliphatic rings. The van der Waals surface area contributed by atoms with Crippen molar-refractivity contribution in [1.82, 2.24) is 14.1 Å². The van der Waals surface area contributed by atoms with Crippen molar-refractivity contribution in [3.05, 3.63) is 46.8 Å². The van der Waals surface area contributed by atoms with Crippen molar-refractivity contribution in [2.45, 2.75) is 57.4 Å². The van der Waals surface area contributed by atoms with Crippen molar-refractivity contribution in [3.8, 4) is 0 Å². The third-order valence-corrected chi connectivity index (χ3v) is 7.93. The zero-order valence-corrected chi connectivity index (χ0v) is 16.6. The highest BCUT2D eigenvalue weighted by Crippen LogP contribution is 2.31. The van der Waals surface area contributed by atoms with E-state index in [1.165, 1.54) is 14.6 Å². The van der Waals surface area contributed by atoms with Crippen LogP contribution in [0.5, 0.6) is 0 Å². The van der Waals surface area contributed by atoms with Crippen LogP contribution in [0, 0.1) is 19.8 Å². The molecule has 1 aromatic carbocycles. The highest BCUT2D eigenvalue weighted by atomic mass is 32.2. The summed E-state index contributed by atoms with van der Waals surface area (Å²) in [5.74, 6) is -0.112. The third-order valence-electron chi connectivity index (χ3n) is 5.83. The second-order valence-electron chi connectivity index (χ2n) is 7.59. The van der Waals surface area contributed by atoms with E-state index in [0.29, 0.717) is 30.9 Å². The van der Waals surface area contributed by atoms with Gasteiger partial charge < -0.3 is 0 Å². The standard InChI is InChI=1S/C20H25N3O3S/c1-14-19(15(2)23(21-14)20(24)17-8-4-5-9-17)27(25,26)22-12-11-16-7-3-6-10-18(16)13-22/h3,6-7,10,17H,4-5,8-9,11-13H2,1-2H3. The summed E-state index contributed by atoms with van der Waals surface area (Å²) in [6, 6.07) is 7.94. The Balaban J connectivity index is 1.67. The lowest BCUT2D eigenvalue weighted by atomic mass is 10.0. The number of hydrogen-bond donors (Lipinski definition) is 0. The summed E-state index contributed by atoms with van der Waals surface area (Å²) >= 11 is 0. The van der Waals surface area contributed by atoms with E-state index in [2.05, 4.69) is 5.10 Å². The zero-order chi connectivity index (χ0) is 19.2. The molecule has 2 aromatic rings. The molecule has 6 nitrogen and oxygen atoms in total. The number of hydrogen-bond acceptors (Lipinski definition) is 4. The Labute approximate surface area is 160 Å². The van der Waals surface area contributed by atoms with Gasteiger partial charge in [-0.25, -0.2) is 13.1 Å². The van der Waals surface area contributed by atoms with E-state index in [-0.39, 0.29) is 16.7 Å². The third kappa shape index (κ3) is 3.12. The molecule has 7 heteroatoms. The highest BCUT2D eigenvalue weighted by Gasteiger charge is 2.35. The first kappa shape index (κ1) is 18.4. The van der Waals surface area contributed by atoms with Gasteiger partial charge in [-0.2, -0.15) is 9.40 Å². The van der Waals surface area contributed by atoms with E-state index in [4.69, 9.17) is 0 Å². The molecule has 0 radical (unpaired) electrons. The zero-order valence-electron chi connectivity index (χ0n) is 15.8. The summed E-state index contributed by atoms with van der Waals surface area (Å²) in [5, 5.41) is 4.32. The average molecular weight is 388 g/mol. The minimum Gasteiger partial charge on any atom is -0.272 e. The Morgan fingerprint density at radius 3 is 2.48 bits per heavy atom. The molecule has 0 atom stereocenters. The molecule has 144 valence electrons. The van der Waals surface area contributed by atoms with Gasteiger partial charge in [0.1, 0.15) is 4.90 Å². The average Bonchev–Trinajstić information content (AvgIpc) is 3.29. The van der Waals surface area contributed by atoms with E-state index in [9.17, 15) is 13.2 Å². The number of carbonyl (C=O) groups excluding carboxylic acids is 1. The van der Waals surface area contributed by atoms with E-state index >= 15 is 0 Å². The fraction of sp³-hybridized carbons (Fsp3) is 0.500.